The zero-order valence-electron chi connectivity index (χ0n) is 13.6. The van der Waals surface area contributed by atoms with Crippen LogP contribution in [0, 0.1) is 0 Å². The van der Waals surface area contributed by atoms with Gasteiger partial charge in [0.15, 0.2) is 0 Å². The minimum absolute atomic E-state index is 0.212. The Morgan fingerprint density at radius 3 is 2.75 bits per heavy atom. The van der Waals surface area contributed by atoms with E-state index in [0.29, 0.717) is 18.5 Å². The van der Waals surface area contributed by atoms with Gasteiger partial charge in [0.25, 0.3) is 0 Å². The first-order valence-electron chi connectivity index (χ1n) is 8.25. The van der Waals surface area contributed by atoms with Crippen molar-refractivity contribution >= 4 is 28.4 Å². The summed E-state index contributed by atoms with van der Waals surface area (Å²) < 4.78 is 1.83. The molecule has 0 bridgehead atoms. The highest BCUT2D eigenvalue weighted by Gasteiger charge is 2.32. The van der Waals surface area contributed by atoms with Crippen LogP contribution in [-0.2, 0) is 16.6 Å². The largest absolute Gasteiger partial charge is 0.366 e. The standard InChI is InChI=1S/C16H20N6O2/c1-21-15-11(8-18-9-12(15)22-6-4-17-5-7-22)14(20-21)10-2-3-13(23)19-16(10)24/h8-10,17H,2-7H2,1H3,(H,19,23,24). The van der Waals surface area contributed by atoms with Crippen LogP contribution in [0.1, 0.15) is 24.5 Å². The van der Waals surface area contributed by atoms with E-state index in [2.05, 4.69) is 25.6 Å². The maximum Gasteiger partial charge on any atom is 0.235 e. The zero-order chi connectivity index (χ0) is 16.7. The maximum absolute atomic E-state index is 12.2. The third-order valence-electron chi connectivity index (χ3n) is 4.78. The number of aromatic nitrogens is 3. The Balaban J connectivity index is 1.78. The Bertz CT molecular complexity index is 808. The van der Waals surface area contributed by atoms with Crippen molar-refractivity contribution in [3.05, 3.63) is 18.1 Å². The van der Waals surface area contributed by atoms with Gasteiger partial charge in [-0.1, -0.05) is 0 Å². The van der Waals surface area contributed by atoms with E-state index in [0.717, 1.165) is 42.8 Å². The second-order valence-electron chi connectivity index (χ2n) is 6.30. The summed E-state index contributed by atoms with van der Waals surface area (Å²) >= 11 is 0. The van der Waals surface area contributed by atoms with Gasteiger partial charge in [-0.15, -0.1) is 0 Å². The maximum atomic E-state index is 12.2. The molecule has 2 fully saturated rings. The molecule has 8 nitrogen and oxygen atoms in total. The lowest BCUT2D eigenvalue weighted by Crippen LogP contribution is -2.43. The number of hydrogen-bond acceptors (Lipinski definition) is 6. The van der Waals surface area contributed by atoms with E-state index in [1.54, 1.807) is 6.20 Å². The molecule has 2 aliphatic heterocycles. The van der Waals surface area contributed by atoms with E-state index in [1.165, 1.54) is 0 Å². The predicted octanol–water partition coefficient (Wildman–Crippen LogP) is -0.102. The lowest BCUT2D eigenvalue weighted by molar-refractivity contribution is -0.134. The molecule has 0 saturated carbocycles. The molecule has 8 heteroatoms. The topological polar surface area (TPSA) is 92.1 Å². The molecule has 0 radical (unpaired) electrons. The van der Waals surface area contributed by atoms with Gasteiger partial charge in [0, 0.05) is 51.2 Å². The third kappa shape index (κ3) is 2.43. The Labute approximate surface area is 139 Å². The van der Waals surface area contributed by atoms with E-state index in [-0.39, 0.29) is 11.8 Å². The first-order chi connectivity index (χ1) is 11.6. The van der Waals surface area contributed by atoms with Gasteiger partial charge in [0.05, 0.1) is 29.0 Å². The van der Waals surface area contributed by atoms with Gasteiger partial charge in [0.2, 0.25) is 11.8 Å². The molecule has 2 aromatic rings. The molecule has 2 aliphatic rings. The van der Waals surface area contributed by atoms with Crippen LogP contribution in [0.25, 0.3) is 10.9 Å². The fourth-order valence-corrected chi connectivity index (χ4v) is 3.58. The highest BCUT2D eigenvalue weighted by atomic mass is 16.2. The van der Waals surface area contributed by atoms with Crippen LogP contribution in [0.2, 0.25) is 0 Å². The average molecular weight is 328 g/mol. The van der Waals surface area contributed by atoms with Crippen molar-refractivity contribution in [1.29, 1.82) is 0 Å². The summed E-state index contributed by atoms with van der Waals surface area (Å²) in [5.41, 5.74) is 2.75. The number of pyridine rings is 1. The molecular formula is C16H20N6O2. The number of imide groups is 1. The lowest BCUT2D eigenvalue weighted by Gasteiger charge is -2.29. The van der Waals surface area contributed by atoms with Gasteiger partial charge in [0.1, 0.15) is 0 Å². The molecule has 2 saturated heterocycles. The smallest absolute Gasteiger partial charge is 0.235 e. The molecule has 1 atom stereocenters. The van der Waals surface area contributed by atoms with Crippen molar-refractivity contribution in [2.75, 3.05) is 31.1 Å². The Morgan fingerprint density at radius 2 is 2.00 bits per heavy atom. The van der Waals surface area contributed by atoms with E-state index in [4.69, 9.17) is 0 Å². The summed E-state index contributed by atoms with van der Waals surface area (Å²) in [6.07, 6.45) is 4.48. The zero-order valence-corrected chi connectivity index (χ0v) is 13.6. The molecule has 2 amide bonds. The molecule has 0 aliphatic carbocycles. The molecule has 0 aromatic carbocycles. The Kier molecular flexibility index (Phi) is 3.68. The molecular weight excluding hydrogens is 308 g/mol. The van der Waals surface area contributed by atoms with Gasteiger partial charge in [-0.05, 0) is 6.42 Å². The first-order valence-corrected chi connectivity index (χ1v) is 8.25. The summed E-state index contributed by atoms with van der Waals surface area (Å²) in [5.74, 6) is -0.874. The van der Waals surface area contributed by atoms with Crippen LogP contribution in [0.5, 0.6) is 0 Å². The first kappa shape index (κ1) is 15.1. The summed E-state index contributed by atoms with van der Waals surface area (Å²) in [4.78, 5) is 30.3. The van der Waals surface area contributed by atoms with Crippen LogP contribution in [-0.4, -0.2) is 52.8 Å². The number of fused-ring (bicyclic) bond motifs is 1. The van der Waals surface area contributed by atoms with Crippen LogP contribution >= 0.6 is 0 Å². The number of aryl methyl sites for hydroxylation is 1. The Hall–Kier alpha value is -2.48. The molecule has 4 rings (SSSR count). The number of anilines is 1. The molecule has 2 aromatic heterocycles. The molecule has 2 N–H and O–H groups in total. The summed E-state index contributed by atoms with van der Waals surface area (Å²) in [5, 5.41) is 11.3. The van der Waals surface area contributed by atoms with E-state index in [1.807, 2.05) is 17.9 Å². The molecule has 4 heterocycles. The fourth-order valence-electron chi connectivity index (χ4n) is 3.58. The molecule has 24 heavy (non-hydrogen) atoms. The molecule has 0 spiro atoms. The van der Waals surface area contributed by atoms with Crippen molar-refractivity contribution in [2.24, 2.45) is 7.05 Å². The van der Waals surface area contributed by atoms with Crippen molar-refractivity contribution in [2.45, 2.75) is 18.8 Å². The molecule has 126 valence electrons. The van der Waals surface area contributed by atoms with E-state index >= 15 is 0 Å². The number of carbonyl (C=O) groups excluding carboxylic acids is 2. The minimum Gasteiger partial charge on any atom is -0.366 e. The van der Waals surface area contributed by atoms with Crippen molar-refractivity contribution in [3.8, 4) is 0 Å². The van der Waals surface area contributed by atoms with Crippen LogP contribution < -0.4 is 15.5 Å². The second-order valence-corrected chi connectivity index (χ2v) is 6.30. The predicted molar refractivity (Wildman–Crippen MR) is 88.7 cm³/mol. The fraction of sp³-hybridized carbons (Fsp3) is 0.500. The third-order valence-corrected chi connectivity index (χ3v) is 4.78. The normalized spacial score (nSPS) is 22.0. The number of nitrogens with zero attached hydrogens (tertiary/aromatic N) is 4. The van der Waals surface area contributed by atoms with Gasteiger partial charge < -0.3 is 10.2 Å². The number of piperidine rings is 1. The lowest BCUT2D eigenvalue weighted by atomic mass is 9.93. The quantitative estimate of drug-likeness (QED) is 0.748. The minimum atomic E-state index is -0.397. The van der Waals surface area contributed by atoms with Gasteiger partial charge in [-0.25, -0.2) is 0 Å². The van der Waals surface area contributed by atoms with Crippen molar-refractivity contribution in [3.63, 3.8) is 0 Å². The number of piperazine rings is 1. The number of nitrogens with one attached hydrogen (secondary N) is 2. The molecule has 1 unspecified atom stereocenters. The number of rotatable bonds is 2. The van der Waals surface area contributed by atoms with E-state index < -0.39 is 5.92 Å². The van der Waals surface area contributed by atoms with Crippen LogP contribution in [0.3, 0.4) is 0 Å². The van der Waals surface area contributed by atoms with Gasteiger partial charge >= 0.3 is 0 Å². The van der Waals surface area contributed by atoms with Gasteiger partial charge in [-0.2, -0.15) is 5.10 Å². The number of amides is 2. The number of carbonyl (C=O) groups is 2. The van der Waals surface area contributed by atoms with Crippen molar-refractivity contribution < 1.29 is 9.59 Å². The number of hydrogen-bond donors (Lipinski definition) is 2. The van der Waals surface area contributed by atoms with E-state index in [9.17, 15) is 9.59 Å². The Morgan fingerprint density at radius 1 is 1.21 bits per heavy atom. The summed E-state index contributed by atoms with van der Waals surface area (Å²) in [6, 6.07) is 0. The van der Waals surface area contributed by atoms with Crippen LogP contribution in [0.15, 0.2) is 12.4 Å². The highest BCUT2D eigenvalue weighted by Crippen LogP contribution is 2.33. The monoisotopic (exact) mass is 328 g/mol. The van der Waals surface area contributed by atoms with Crippen molar-refractivity contribution in [1.82, 2.24) is 25.4 Å². The highest BCUT2D eigenvalue weighted by molar-refractivity contribution is 6.03. The van der Waals surface area contributed by atoms with Gasteiger partial charge in [-0.3, -0.25) is 24.6 Å². The average Bonchev–Trinajstić information content (AvgIpc) is 2.93. The van der Waals surface area contributed by atoms with Crippen LogP contribution in [0.4, 0.5) is 5.69 Å². The summed E-state index contributed by atoms with van der Waals surface area (Å²) in [7, 11) is 1.89. The summed E-state index contributed by atoms with van der Waals surface area (Å²) in [6.45, 7) is 3.71. The second kappa shape index (κ2) is 5.86. The SMILES string of the molecule is Cn1nc(C2CCC(=O)NC2=O)c2cncc(N3CCNCC3)c21.